The molecular weight excluding hydrogens is 448 g/mol. The van der Waals surface area contributed by atoms with Crippen LogP contribution in [-0.2, 0) is 15.5 Å². The molecule has 2 aliphatic rings. The summed E-state index contributed by atoms with van der Waals surface area (Å²) in [5, 5.41) is 6.04. The van der Waals surface area contributed by atoms with Gasteiger partial charge in [-0.3, -0.25) is 5.73 Å². The number of nitrogens with one attached hydrogen (secondary N) is 2. The third kappa shape index (κ3) is 3.58. The standard InChI is InChI=1S/C18H17BrN4O4S/c1-28(24,25)13-4-2-3-12(9-13)22-17-21-6-5-18(20,23-17)14-7-11(19)8-15-16(14)27-10-26-15/h2-9H,10,20H2,1H3,(H2,21,22,23). The van der Waals surface area contributed by atoms with Gasteiger partial charge in [0.15, 0.2) is 27.0 Å². The Morgan fingerprint density at radius 2 is 2.11 bits per heavy atom. The first kappa shape index (κ1) is 18.8. The highest BCUT2D eigenvalue weighted by Gasteiger charge is 2.34. The third-order valence-electron chi connectivity index (χ3n) is 4.25. The number of ether oxygens (including phenoxy) is 2. The van der Waals surface area contributed by atoms with E-state index in [4.69, 9.17) is 15.2 Å². The number of nitrogens with two attached hydrogens (primary N) is 1. The van der Waals surface area contributed by atoms with E-state index in [2.05, 4.69) is 31.6 Å². The number of halogens is 1. The Morgan fingerprint density at radius 3 is 2.89 bits per heavy atom. The molecule has 10 heteroatoms. The summed E-state index contributed by atoms with van der Waals surface area (Å²) in [5.41, 5.74) is 6.55. The summed E-state index contributed by atoms with van der Waals surface area (Å²) >= 11 is 3.45. The number of hydrogen-bond acceptors (Lipinski definition) is 8. The highest BCUT2D eigenvalue weighted by Crippen LogP contribution is 2.43. The summed E-state index contributed by atoms with van der Waals surface area (Å²) in [6.45, 7) is 0.115. The van der Waals surface area contributed by atoms with Crippen molar-refractivity contribution in [3.05, 3.63) is 58.7 Å². The molecule has 28 heavy (non-hydrogen) atoms. The van der Waals surface area contributed by atoms with Gasteiger partial charge in [0, 0.05) is 28.2 Å². The van der Waals surface area contributed by atoms with Gasteiger partial charge < -0.3 is 20.1 Å². The van der Waals surface area contributed by atoms with E-state index in [1.165, 1.54) is 12.1 Å². The van der Waals surface area contributed by atoms with E-state index in [1.54, 1.807) is 30.5 Å². The van der Waals surface area contributed by atoms with E-state index in [1.807, 2.05) is 6.07 Å². The quantitative estimate of drug-likeness (QED) is 0.637. The van der Waals surface area contributed by atoms with Crippen molar-refractivity contribution in [3.8, 4) is 11.5 Å². The molecule has 2 aromatic rings. The first-order valence-corrected chi connectivity index (χ1v) is 10.9. The van der Waals surface area contributed by atoms with Gasteiger partial charge in [-0.05, 0) is 36.4 Å². The topological polar surface area (TPSA) is 115 Å². The Kier molecular flexibility index (Phi) is 4.56. The zero-order chi connectivity index (χ0) is 19.9. The maximum Gasteiger partial charge on any atom is 0.231 e. The van der Waals surface area contributed by atoms with Crippen molar-refractivity contribution in [2.75, 3.05) is 18.4 Å². The van der Waals surface area contributed by atoms with Crippen molar-refractivity contribution in [2.24, 2.45) is 10.7 Å². The molecule has 4 N–H and O–H groups in total. The van der Waals surface area contributed by atoms with Crippen LogP contribution in [0.5, 0.6) is 11.5 Å². The van der Waals surface area contributed by atoms with E-state index in [0.29, 0.717) is 28.7 Å². The lowest BCUT2D eigenvalue weighted by molar-refractivity contribution is 0.172. The molecule has 2 aromatic carbocycles. The minimum absolute atomic E-state index is 0.115. The van der Waals surface area contributed by atoms with E-state index >= 15 is 0 Å². The van der Waals surface area contributed by atoms with Crippen LogP contribution in [0.2, 0.25) is 0 Å². The Labute approximate surface area is 170 Å². The fraction of sp³-hybridized carbons (Fsp3) is 0.167. The molecule has 0 aliphatic carbocycles. The Hall–Kier alpha value is -2.56. The minimum Gasteiger partial charge on any atom is -0.454 e. The van der Waals surface area contributed by atoms with E-state index < -0.39 is 15.5 Å². The molecule has 146 valence electrons. The van der Waals surface area contributed by atoms with E-state index in [0.717, 1.165) is 10.7 Å². The number of fused-ring (bicyclic) bond motifs is 1. The van der Waals surface area contributed by atoms with Crippen molar-refractivity contribution >= 4 is 37.4 Å². The fourth-order valence-electron chi connectivity index (χ4n) is 2.93. The molecule has 2 heterocycles. The number of rotatable bonds is 3. The average Bonchev–Trinajstić information content (AvgIpc) is 3.08. The predicted molar refractivity (Wildman–Crippen MR) is 109 cm³/mol. The maximum atomic E-state index is 11.8. The van der Waals surface area contributed by atoms with Gasteiger partial charge in [-0.1, -0.05) is 22.0 Å². The molecule has 0 fully saturated rings. The van der Waals surface area contributed by atoms with Gasteiger partial charge in [-0.2, -0.15) is 0 Å². The smallest absolute Gasteiger partial charge is 0.231 e. The number of aliphatic imine (C=N–C) groups is 1. The lowest BCUT2D eigenvalue weighted by Crippen LogP contribution is -2.42. The normalized spacial score (nSPS) is 20.5. The number of hydrogen-bond donors (Lipinski definition) is 3. The number of guanidine groups is 1. The summed E-state index contributed by atoms with van der Waals surface area (Å²) in [4.78, 5) is 4.78. The lowest BCUT2D eigenvalue weighted by Gasteiger charge is -2.28. The molecular formula is C18H17BrN4O4S. The molecule has 0 saturated heterocycles. The molecule has 0 spiro atoms. The van der Waals surface area contributed by atoms with Gasteiger partial charge in [0.25, 0.3) is 0 Å². The Balaban J connectivity index is 1.69. The summed E-state index contributed by atoms with van der Waals surface area (Å²) in [6.07, 6.45) is 4.53. The van der Waals surface area contributed by atoms with Gasteiger partial charge in [-0.25, -0.2) is 13.4 Å². The third-order valence-corrected chi connectivity index (χ3v) is 5.82. The molecule has 0 radical (unpaired) electrons. The summed E-state index contributed by atoms with van der Waals surface area (Å²) < 4.78 is 35.4. The fourth-order valence-corrected chi connectivity index (χ4v) is 4.04. The first-order valence-electron chi connectivity index (χ1n) is 8.24. The van der Waals surface area contributed by atoms with Crippen molar-refractivity contribution in [3.63, 3.8) is 0 Å². The van der Waals surface area contributed by atoms with Crippen LogP contribution in [0.3, 0.4) is 0 Å². The van der Waals surface area contributed by atoms with Crippen LogP contribution in [0.4, 0.5) is 5.69 Å². The molecule has 0 aromatic heterocycles. The molecule has 1 atom stereocenters. The number of sulfone groups is 1. The second-order valence-corrected chi connectivity index (χ2v) is 9.31. The van der Waals surface area contributed by atoms with E-state index in [9.17, 15) is 8.42 Å². The van der Waals surface area contributed by atoms with Crippen molar-refractivity contribution in [1.82, 2.24) is 5.32 Å². The second-order valence-electron chi connectivity index (χ2n) is 6.38. The monoisotopic (exact) mass is 464 g/mol. The SMILES string of the molecule is CS(=O)(=O)c1cccc(NC2=NC(N)(c3cc(Br)cc4c3OCO4)C=CN2)c1. The van der Waals surface area contributed by atoms with Crippen LogP contribution in [0.25, 0.3) is 0 Å². The molecule has 0 amide bonds. The van der Waals surface area contributed by atoms with Gasteiger partial charge in [0.05, 0.1) is 4.90 Å². The van der Waals surface area contributed by atoms with Crippen molar-refractivity contribution in [1.29, 1.82) is 0 Å². The van der Waals surface area contributed by atoms with E-state index in [-0.39, 0.29) is 11.7 Å². The number of benzene rings is 2. The second kappa shape index (κ2) is 6.80. The van der Waals surface area contributed by atoms with Crippen LogP contribution in [-0.4, -0.2) is 27.4 Å². The Bertz CT molecular complexity index is 1120. The molecule has 0 bridgehead atoms. The first-order chi connectivity index (χ1) is 13.2. The summed E-state index contributed by atoms with van der Waals surface area (Å²) in [7, 11) is -3.32. The maximum absolute atomic E-state index is 11.8. The zero-order valence-corrected chi connectivity index (χ0v) is 17.2. The Morgan fingerprint density at radius 1 is 1.29 bits per heavy atom. The van der Waals surface area contributed by atoms with Gasteiger partial charge in [0.2, 0.25) is 12.8 Å². The minimum atomic E-state index is -3.32. The zero-order valence-electron chi connectivity index (χ0n) is 14.8. The molecule has 8 nitrogen and oxygen atoms in total. The van der Waals surface area contributed by atoms with Crippen LogP contribution < -0.4 is 25.8 Å². The molecule has 4 rings (SSSR count). The van der Waals surface area contributed by atoms with Gasteiger partial charge in [0.1, 0.15) is 0 Å². The predicted octanol–water partition coefficient (Wildman–Crippen LogP) is 2.28. The van der Waals surface area contributed by atoms with Crippen LogP contribution in [0.15, 0.2) is 63.0 Å². The summed E-state index contributed by atoms with van der Waals surface area (Å²) in [6, 6.07) is 10.1. The van der Waals surface area contributed by atoms with Crippen LogP contribution in [0, 0.1) is 0 Å². The highest BCUT2D eigenvalue weighted by molar-refractivity contribution is 9.10. The highest BCUT2D eigenvalue weighted by atomic mass is 79.9. The average molecular weight is 465 g/mol. The largest absolute Gasteiger partial charge is 0.454 e. The van der Waals surface area contributed by atoms with Crippen molar-refractivity contribution < 1.29 is 17.9 Å². The molecule has 2 aliphatic heterocycles. The van der Waals surface area contributed by atoms with Gasteiger partial charge in [-0.15, -0.1) is 0 Å². The lowest BCUT2D eigenvalue weighted by atomic mass is 9.98. The molecule has 1 unspecified atom stereocenters. The summed E-state index contributed by atoms with van der Waals surface area (Å²) in [5.74, 6) is 1.49. The van der Waals surface area contributed by atoms with Crippen LogP contribution >= 0.6 is 15.9 Å². The van der Waals surface area contributed by atoms with Crippen molar-refractivity contribution in [2.45, 2.75) is 10.6 Å². The molecule has 0 saturated carbocycles. The number of anilines is 1. The number of nitrogens with zero attached hydrogens (tertiary/aromatic N) is 1. The van der Waals surface area contributed by atoms with Gasteiger partial charge >= 0.3 is 0 Å². The van der Waals surface area contributed by atoms with Crippen LogP contribution in [0.1, 0.15) is 5.56 Å².